The van der Waals surface area contributed by atoms with Gasteiger partial charge in [-0.3, -0.25) is 9.59 Å². The van der Waals surface area contributed by atoms with Crippen LogP contribution >= 0.6 is 0 Å². The van der Waals surface area contributed by atoms with Gasteiger partial charge < -0.3 is 9.57 Å². The van der Waals surface area contributed by atoms with Gasteiger partial charge >= 0.3 is 5.97 Å². The lowest BCUT2D eigenvalue weighted by molar-refractivity contribution is -0.151. The first kappa shape index (κ1) is 14.1. The van der Waals surface area contributed by atoms with Crippen molar-refractivity contribution in [2.45, 2.75) is 13.3 Å². The van der Waals surface area contributed by atoms with Crippen molar-refractivity contribution < 1.29 is 23.6 Å². The van der Waals surface area contributed by atoms with Crippen LogP contribution in [0.1, 0.15) is 23.7 Å². The number of carbonyl (C=O) groups excluding carboxylic acids is 2. The number of benzene rings is 1. The fourth-order valence-electron chi connectivity index (χ4n) is 1.24. The van der Waals surface area contributed by atoms with Crippen LogP contribution in [0.25, 0.3) is 0 Å². The van der Waals surface area contributed by atoms with E-state index >= 15 is 0 Å². The van der Waals surface area contributed by atoms with Crippen LogP contribution in [-0.2, 0) is 9.63 Å². The molecular formula is C11H13FN2O4. The number of hydrogen-bond acceptors (Lipinski definition) is 6. The Labute approximate surface area is 103 Å². The largest absolute Gasteiger partial charge is 0.493 e. The number of ether oxygens (including phenoxy) is 1. The topological polar surface area (TPSA) is 90.7 Å². The third-order valence-electron chi connectivity index (χ3n) is 2.07. The van der Waals surface area contributed by atoms with E-state index < -0.39 is 11.8 Å². The molecule has 0 amide bonds. The molecule has 0 unspecified atom stereocenters. The van der Waals surface area contributed by atoms with Gasteiger partial charge in [0.2, 0.25) is 0 Å². The van der Waals surface area contributed by atoms with E-state index in [-0.39, 0.29) is 30.1 Å². The van der Waals surface area contributed by atoms with E-state index in [1.54, 1.807) is 5.59 Å². The van der Waals surface area contributed by atoms with E-state index in [1.807, 2.05) is 0 Å². The molecule has 0 saturated carbocycles. The van der Waals surface area contributed by atoms with E-state index in [0.29, 0.717) is 0 Å². The van der Waals surface area contributed by atoms with Crippen LogP contribution in [0.15, 0.2) is 18.2 Å². The molecule has 6 nitrogen and oxygen atoms in total. The molecule has 0 bridgehead atoms. The van der Waals surface area contributed by atoms with Crippen molar-refractivity contribution in [3.8, 4) is 5.75 Å². The molecule has 0 atom stereocenters. The molecule has 0 aliphatic carbocycles. The monoisotopic (exact) mass is 256 g/mol. The number of hydrazine groups is 1. The molecule has 1 aromatic carbocycles. The summed E-state index contributed by atoms with van der Waals surface area (Å²) in [5.41, 5.74) is 1.74. The van der Waals surface area contributed by atoms with Crippen LogP contribution in [0, 0.1) is 5.82 Å². The highest BCUT2D eigenvalue weighted by Crippen LogP contribution is 2.17. The molecule has 0 aromatic heterocycles. The van der Waals surface area contributed by atoms with Crippen molar-refractivity contribution in [2.75, 3.05) is 6.61 Å². The second-order valence-corrected chi connectivity index (χ2v) is 3.39. The first-order valence-corrected chi connectivity index (χ1v) is 5.13. The van der Waals surface area contributed by atoms with E-state index in [2.05, 4.69) is 4.84 Å². The van der Waals surface area contributed by atoms with Crippen molar-refractivity contribution >= 4 is 11.8 Å². The summed E-state index contributed by atoms with van der Waals surface area (Å²) in [5.74, 6) is 3.37. The van der Waals surface area contributed by atoms with Gasteiger partial charge in [-0.05, 0) is 19.1 Å². The summed E-state index contributed by atoms with van der Waals surface area (Å²) in [6, 6.07) is 3.86. The van der Waals surface area contributed by atoms with Crippen molar-refractivity contribution in [3.05, 3.63) is 29.6 Å². The van der Waals surface area contributed by atoms with Gasteiger partial charge in [0.25, 0.3) is 0 Å². The number of nitrogens with two attached hydrogens (primary N) is 1. The highest BCUT2D eigenvalue weighted by Gasteiger charge is 2.09. The lowest BCUT2D eigenvalue weighted by Crippen LogP contribution is -2.26. The summed E-state index contributed by atoms with van der Waals surface area (Å²) in [6.45, 7) is 1.29. The molecule has 1 rings (SSSR count). The Morgan fingerprint density at radius 3 is 2.72 bits per heavy atom. The average molecular weight is 256 g/mol. The van der Waals surface area contributed by atoms with E-state index in [1.165, 1.54) is 19.1 Å². The third-order valence-corrected chi connectivity index (χ3v) is 2.07. The molecule has 7 heteroatoms. The standard InChI is InChI=1S/C11H13FN2O4/c1-7(15)9-3-2-8(6-10(9)12)17-5-4-11(16)18-14-13/h2-3,6,14H,4-5,13H2,1H3. The highest BCUT2D eigenvalue weighted by atomic mass is 19.1. The number of hydrogen-bond donors (Lipinski definition) is 2. The molecule has 0 spiro atoms. The maximum absolute atomic E-state index is 13.4. The van der Waals surface area contributed by atoms with Crippen molar-refractivity contribution in [2.24, 2.45) is 5.84 Å². The molecule has 0 fully saturated rings. The van der Waals surface area contributed by atoms with Gasteiger partial charge in [-0.15, -0.1) is 0 Å². The van der Waals surface area contributed by atoms with Gasteiger partial charge in [-0.1, -0.05) is 5.59 Å². The van der Waals surface area contributed by atoms with Gasteiger partial charge in [0.05, 0.1) is 18.6 Å². The summed E-state index contributed by atoms with van der Waals surface area (Å²) in [7, 11) is 0. The Hall–Kier alpha value is -1.99. The number of Topliss-reactive ketones (excluding diaryl/α,β-unsaturated/α-hetero) is 1. The zero-order chi connectivity index (χ0) is 13.5. The molecule has 98 valence electrons. The van der Waals surface area contributed by atoms with E-state index in [4.69, 9.17) is 10.6 Å². The molecule has 1 aromatic rings. The molecule has 3 N–H and O–H groups in total. The molecule has 0 radical (unpaired) electrons. The highest BCUT2D eigenvalue weighted by molar-refractivity contribution is 5.94. The van der Waals surface area contributed by atoms with Crippen LogP contribution < -0.4 is 16.2 Å². The number of ketones is 1. The van der Waals surface area contributed by atoms with Crippen LogP contribution in [-0.4, -0.2) is 18.4 Å². The summed E-state index contributed by atoms with van der Waals surface area (Å²) in [4.78, 5) is 26.1. The lowest BCUT2D eigenvalue weighted by atomic mass is 10.1. The van der Waals surface area contributed by atoms with Gasteiger partial charge in [0.1, 0.15) is 11.6 Å². The average Bonchev–Trinajstić information content (AvgIpc) is 2.29. The van der Waals surface area contributed by atoms with Gasteiger partial charge in [-0.2, -0.15) is 0 Å². The quantitative estimate of drug-likeness (QED) is 0.442. The Morgan fingerprint density at radius 2 is 2.17 bits per heavy atom. The van der Waals surface area contributed by atoms with Gasteiger partial charge in [0.15, 0.2) is 5.78 Å². The molecule has 0 aliphatic rings. The maximum Gasteiger partial charge on any atom is 0.329 e. The fourth-order valence-corrected chi connectivity index (χ4v) is 1.24. The van der Waals surface area contributed by atoms with Crippen LogP contribution in [0.4, 0.5) is 4.39 Å². The number of halogens is 1. The van der Waals surface area contributed by atoms with Crippen LogP contribution in [0.2, 0.25) is 0 Å². The van der Waals surface area contributed by atoms with Crippen LogP contribution in [0.3, 0.4) is 0 Å². The summed E-state index contributed by atoms with van der Waals surface area (Å²) in [6.07, 6.45) is -0.0414. The minimum Gasteiger partial charge on any atom is -0.493 e. The zero-order valence-electron chi connectivity index (χ0n) is 9.73. The smallest absolute Gasteiger partial charge is 0.329 e. The van der Waals surface area contributed by atoms with E-state index in [0.717, 1.165) is 6.07 Å². The molecule has 18 heavy (non-hydrogen) atoms. The SMILES string of the molecule is CC(=O)c1ccc(OCCC(=O)ONN)cc1F. The number of carbonyl (C=O) groups is 2. The minimum absolute atomic E-state index is 0.00547. The van der Waals surface area contributed by atoms with Crippen molar-refractivity contribution in [1.29, 1.82) is 0 Å². The number of rotatable bonds is 6. The van der Waals surface area contributed by atoms with Crippen molar-refractivity contribution in [1.82, 2.24) is 5.59 Å². The predicted molar refractivity (Wildman–Crippen MR) is 59.9 cm³/mol. The van der Waals surface area contributed by atoms with Gasteiger partial charge in [-0.25, -0.2) is 10.2 Å². The molecule has 0 saturated heterocycles. The maximum atomic E-state index is 13.4. The fraction of sp³-hybridized carbons (Fsp3) is 0.273. The van der Waals surface area contributed by atoms with Crippen molar-refractivity contribution in [3.63, 3.8) is 0 Å². The summed E-state index contributed by atoms with van der Waals surface area (Å²) in [5, 5.41) is 0. The first-order valence-electron chi connectivity index (χ1n) is 5.13. The normalized spacial score (nSPS) is 9.94. The summed E-state index contributed by atoms with van der Waals surface area (Å²) >= 11 is 0. The molecule has 0 aliphatic heterocycles. The lowest BCUT2D eigenvalue weighted by Gasteiger charge is -2.07. The summed E-state index contributed by atoms with van der Waals surface area (Å²) < 4.78 is 18.5. The first-order chi connectivity index (χ1) is 8.54. The molecular weight excluding hydrogens is 243 g/mol. The predicted octanol–water partition coefficient (Wildman–Crippen LogP) is 0.719. The zero-order valence-corrected chi connectivity index (χ0v) is 9.73. The Kier molecular flexibility index (Phi) is 5.22. The second-order valence-electron chi connectivity index (χ2n) is 3.39. The Bertz CT molecular complexity index is 451. The number of nitrogens with one attached hydrogen (secondary N) is 1. The van der Waals surface area contributed by atoms with E-state index in [9.17, 15) is 14.0 Å². The third kappa shape index (κ3) is 4.11. The van der Waals surface area contributed by atoms with Gasteiger partial charge in [0, 0.05) is 6.07 Å². The van der Waals surface area contributed by atoms with Crippen LogP contribution in [0.5, 0.6) is 5.75 Å². The molecule has 0 heterocycles. The Balaban J connectivity index is 2.51. The minimum atomic E-state index is -0.661. The Morgan fingerprint density at radius 1 is 1.44 bits per heavy atom. The second kappa shape index (κ2) is 6.67.